The van der Waals surface area contributed by atoms with Gasteiger partial charge in [-0.05, 0) is 18.2 Å². The third kappa shape index (κ3) is 2.29. The molecule has 0 atom stereocenters. The maximum atomic E-state index is 10.7. The number of fused-ring (bicyclic) bond motifs is 1. The van der Waals surface area contributed by atoms with Gasteiger partial charge in [-0.2, -0.15) is 0 Å². The molecule has 21 heavy (non-hydrogen) atoms. The number of aromatic nitrogens is 1. The van der Waals surface area contributed by atoms with E-state index >= 15 is 0 Å². The van der Waals surface area contributed by atoms with E-state index in [9.17, 15) is 20.2 Å². The Morgan fingerprint density at radius 3 is 2.14 bits per heavy atom. The second kappa shape index (κ2) is 4.67. The molecule has 2 aromatic carbocycles. The molecule has 0 saturated heterocycles. The van der Waals surface area contributed by atoms with Crippen molar-refractivity contribution in [3.05, 3.63) is 62.7 Å². The van der Waals surface area contributed by atoms with Gasteiger partial charge >= 0.3 is 0 Å². The number of benzene rings is 2. The minimum atomic E-state index is -0.520. The van der Waals surface area contributed by atoms with E-state index in [-0.39, 0.29) is 22.8 Å². The van der Waals surface area contributed by atoms with Gasteiger partial charge in [-0.3, -0.25) is 20.2 Å². The molecular formula is C13H7N3O5. The Hall–Kier alpha value is -3.29. The molecule has 104 valence electrons. The van der Waals surface area contributed by atoms with Crippen LogP contribution in [0.15, 0.2) is 46.9 Å². The summed E-state index contributed by atoms with van der Waals surface area (Å²) < 4.78 is 5.46. The van der Waals surface area contributed by atoms with Crippen molar-refractivity contribution in [1.29, 1.82) is 0 Å². The van der Waals surface area contributed by atoms with E-state index in [4.69, 9.17) is 4.42 Å². The first kappa shape index (κ1) is 12.7. The van der Waals surface area contributed by atoms with Crippen LogP contribution in [0.1, 0.15) is 0 Å². The first-order chi connectivity index (χ1) is 10.0. The van der Waals surface area contributed by atoms with Crippen LogP contribution in [0.2, 0.25) is 0 Å². The van der Waals surface area contributed by atoms with Crippen LogP contribution < -0.4 is 0 Å². The van der Waals surface area contributed by atoms with Crippen LogP contribution in [-0.2, 0) is 0 Å². The molecule has 8 nitrogen and oxygen atoms in total. The standard InChI is InChI=1S/C13H7N3O5/c17-15(18)9-3-1-8(2-4-9)13-14-11-6-5-10(16(19)20)7-12(11)21-13/h1-7H. The van der Waals surface area contributed by atoms with Crippen molar-refractivity contribution in [3.8, 4) is 11.5 Å². The number of non-ortho nitro benzene ring substituents is 2. The monoisotopic (exact) mass is 285 g/mol. The summed E-state index contributed by atoms with van der Waals surface area (Å²) >= 11 is 0. The normalized spacial score (nSPS) is 10.7. The molecule has 1 heterocycles. The fourth-order valence-electron chi connectivity index (χ4n) is 1.88. The first-order valence-electron chi connectivity index (χ1n) is 5.84. The zero-order chi connectivity index (χ0) is 15.0. The average Bonchev–Trinajstić information content (AvgIpc) is 2.90. The number of nitro benzene ring substituents is 2. The second-order valence-electron chi connectivity index (χ2n) is 4.23. The smallest absolute Gasteiger partial charge is 0.273 e. The zero-order valence-corrected chi connectivity index (χ0v) is 10.4. The molecule has 0 saturated carbocycles. The molecule has 8 heteroatoms. The van der Waals surface area contributed by atoms with E-state index in [2.05, 4.69) is 4.98 Å². The lowest BCUT2D eigenvalue weighted by Gasteiger charge is -1.94. The predicted octanol–water partition coefficient (Wildman–Crippen LogP) is 3.31. The molecule has 3 aromatic rings. The van der Waals surface area contributed by atoms with Gasteiger partial charge in [0.2, 0.25) is 5.89 Å². The molecule has 3 rings (SSSR count). The minimum absolute atomic E-state index is 0.0366. The molecular weight excluding hydrogens is 278 g/mol. The predicted molar refractivity (Wildman–Crippen MR) is 72.8 cm³/mol. The van der Waals surface area contributed by atoms with Crippen molar-refractivity contribution in [2.45, 2.75) is 0 Å². The maximum absolute atomic E-state index is 10.7. The van der Waals surface area contributed by atoms with Gasteiger partial charge in [0.25, 0.3) is 11.4 Å². The van der Waals surface area contributed by atoms with Crippen LogP contribution in [0.4, 0.5) is 11.4 Å². The van der Waals surface area contributed by atoms with Gasteiger partial charge < -0.3 is 4.42 Å². The number of rotatable bonds is 3. The zero-order valence-electron chi connectivity index (χ0n) is 10.4. The number of nitro groups is 2. The molecule has 0 aliphatic heterocycles. The summed E-state index contributed by atoms with van der Waals surface area (Å²) in [7, 11) is 0. The van der Waals surface area contributed by atoms with Gasteiger partial charge in [-0.1, -0.05) is 0 Å². The van der Waals surface area contributed by atoms with Gasteiger partial charge in [0, 0.05) is 23.8 Å². The van der Waals surface area contributed by atoms with Crippen molar-refractivity contribution in [3.63, 3.8) is 0 Å². The largest absolute Gasteiger partial charge is 0.436 e. The van der Waals surface area contributed by atoms with E-state index in [1.807, 2.05) is 0 Å². The fourth-order valence-corrected chi connectivity index (χ4v) is 1.88. The molecule has 0 aliphatic carbocycles. The van der Waals surface area contributed by atoms with Gasteiger partial charge in [-0.25, -0.2) is 4.98 Å². The molecule has 0 N–H and O–H groups in total. The Labute approximate surface area is 116 Å². The van der Waals surface area contributed by atoms with E-state index in [0.717, 1.165) is 0 Å². The molecule has 0 spiro atoms. The van der Waals surface area contributed by atoms with E-state index in [0.29, 0.717) is 11.1 Å². The quantitative estimate of drug-likeness (QED) is 0.538. The lowest BCUT2D eigenvalue weighted by atomic mass is 10.2. The molecule has 0 amide bonds. The maximum Gasteiger partial charge on any atom is 0.273 e. The van der Waals surface area contributed by atoms with E-state index in [1.54, 1.807) is 0 Å². The van der Waals surface area contributed by atoms with Crippen molar-refractivity contribution < 1.29 is 14.3 Å². The first-order valence-corrected chi connectivity index (χ1v) is 5.84. The topological polar surface area (TPSA) is 112 Å². The average molecular weight is 285 g/mol. The van der Waals surface area contributed by atoms with Gasteiger partial charge in [0.05, 0.1) is 15.9 Å². The van der Waals surface area contributed by atoms with Crippen LogP contribution in [0.25, 0.3) is 22.6 Å². The molecule has 0 bridgehead atoms. The minimum Gasteiger partial charge on any atom is -0.436 e. The van der Waals surface area contributed by atoms with E-state index < -0.39 is 9.85 Å². The Kier molecular flexibility index (Phi) is 2.83. The number of hydrogen-bond donors (Lipinski definition) is 0. The van der Waals surface area contributed by atoms with Crippen molar-refractivity contribution in [1.82, 2.24) is 4.98 Å². The molecule has 0 fully saturated rings. The van der Waals surface area contributed by atoms with Crippen molar-refractivity contribution >= 4 is 22.5 Å². The SMILES string of the molecule is O=[N+]([O-])c1ccc(-c2nc3ccc([N+](=O)[O-])cc3o2)cc1. The Morgan fingerprint density at radius 2 is 1.52 bits per heavy atom. The number of nitrogens with zero attached hydrogens (tertiary/aromatic N) is 3. The van der Waals surface area contributed by atoms with Gasteiger partial charge in [0.15, 0.2) is 5.58 Å². The molecule has 0 unspecified atom stereocenters. The fraction of sp³-hybridized carbons (Fsp3) is 0. The summed E-state index contributed by atoms with van der Waals surface area (Å²) in [6.45, 7) is 0. The summed E-state index contributed by atoms with van der Waals surface area (Å²) in [5.41, 5.74) is 1.20. The number of oxazole rings is 1. The van der Waals surface area contributed by atoms with Crippen LogP contribution in [0.3, 0.4) is 0 Å². The summed E-state index contributed by atoms with van der Waals surface area (Å²) in [4.78, 5) is 24.5. The molecule has 0 radical (unpaired) electrons. The summed E-state index contributed by atoms with van der Waals surface area (Å²) in [6, 6.07) is 9.82. The van der Waals surface area contributed by atoms with Crippen LogP contribution in [-0.4, -0.2) is 14.8 Å². The van der Waals surface area contributed by atoms with Crippen LogP contribution in [0.5, 0.6) is 0 Å². The Morgan fingerprint density at radius 1 is 0.905 bits per heavy atom. The van der Waals surface area contributed by atoms with Crippen LogP contribution in [0, 0.1) is 20.2 Å². The number of hydrogen-bond acceptors (Lipinski definition) is 6. The third-order valence-corrected chi connectivity index (χ3v) is 2.91. The molecule has 1 aromatic heterocycles. The highest BCUT2D eigenvalue weighted by molar-refractivity contribution is 5.78. The highest BCUT2D eigenvalue weighted by Gasteiger charge is 2.13. The Bertz CT molecular complexity index is 854. The Balaban J connectivity index is 2.04. The molecule has 0 aliphatic rings. The third-order valence-electron chi connectivity index (χ3n) is 2.91. The highest BCUT2D eigenvalue weighted by Crippen LogP contribution is 2.27. The lowest BCUT2D eigenvalue weighted by molar-refractivity contribution is -0.385. The lowest BCUT2D eigenvalue weighted by Crippen LogP contribution is -1.87. The van der Waals surface area contributed by atoms with Crippen molar-refractivity contribution in [2.24, 2.45) is 0 Å². The van der Waals surface area contributed by atoms with E-state index in [1.165, 1.54) is 42.5 Å². The van der Waals surface area contributed by atoms with Crippen molar-refractivity contribution in [2.75, 3.05) is 0 Å². The summed E-state index contributed by atoms with van der Waals surface area (Å²) in [6.07, 6.45) is 0. The van der Waals surface area contributed by atoms with Gasteiger partial charge in [0.1, 0.15) is 5.52 Å². The second-order valence-corrected chi connectivity index (χ2v) is 4.23. The summed E-state index contributed by atoms with van der Waals surface area (Å²) in [5.74, 6) is 0.250. The summed E-state index contributed by atoms with van der Waals surface area (Å²) in [5, 5.41) is 21.3. The highest BCUT2D eigenvalue weighted by atomic mass is 16.6. The van der Waals surface area contributed by atoms with Crippen LogP contribution >= 0.6 is 0 Å². The van der Waals surface area contributed by atoms with Gasteiger partial charge in [-0.15, -0.1) is 0 Å².